The number of pyridine rings is 3. The molecule has 0 aliphatic carbocycles. The van der Waals surface area contributed by atoms with Gasteiger partial charge < -0.3 is 14.4 Å². The molecule has 1 aromatic carbocycles. The third kappa shape index (κ3) is 3.34. The predicted molar refractivity (Wildman–Crippen MR) is 108 cm³/mol. The van der Waals surface area contributed by atoms with E-state index in [1.807, 2.05) is 30.3 Å². The Balaban J connectivity index is 2.03. The molecule has 0 bridgehead atoms. The lowest BCUT2D eigenvalue weighted by atomic mass is 10.1. The normalized spacial score (nSPS) is 10.8. The first-order chi connectivity index (χ1) is 14.1. The number of benzene rings is 1. The fraction of sp³-hybridized carbons (Fsp3) is 0.0909. The molecule has 144 valence electrons. The zero-order valence-corrected chi connectivity index (χ0v) is 15.6. The van der Waals surface area contributed by atoms with E-state index in [9.17, 15) is 14.7 Å². The summed E-state index contributed by atoms with van der Waals surface area (Å²) >= 11 is 0. The van der Waals surface area contributed by atoms with Crippen molar-refractivity contribution in [2.45, 2.75) is 6.54 Å². The summed E-state index contributed by atoms with van der Waals surface area (Å²) < 4.78 is 6.20. The summed E-state index contributed by atoms with van der Waals surface area (Å²) in [4.78, 5) is 33.5. The number of esters is 1. The Hall–Kier alpha value is -4.00. The molecule has 0 amide bonds. The fourth-order valence-electron chi connectivity index (χ4n) is 3.20. The van der Waals surface area contributed by atoms with Gasteiger partial charge in [0.05, 0.1) is 36.6 Å². The van der Waals surface area contributed by atoms with Gasteiger partial charge in [0.25, 0.3) is 5.56 Å². The highest BCUT2D eigenvalue weighted by Crippen LogP contribution is 2.29. The largest absolute Gasteiger partial charge is 0.505 e. The zero-order valence-electron chi connectivity index (χ0n) is 15.6. The third-order valence-electron chi connectivity index (χ3n) is 4.63. The minimum atomic E-state index is -0.760. The van der Waals surface area contributed by atoms with Crippen LogP contribution in [0.4, 0.5) is 0 Å². The Morgan fingerprint density at radius 1 is 1.10 bits per heavy atom. The van der Waals surface area contributed by atoms with Gasteiger partial charge in [-0.25, -0.2) is 9.78 Å². The van der Waals surface area contributed by atoms with E-state index in [1.165, 1.54) is 23.9 Å². The highest BCUT2D eigenvalue weighted by molar-refractivity contribution is 5.98. The van der Waals surface area contributed by atoms with Crippen LogP contribution in [0.3, 0.4) is 0 Å². The summed E-state index contributed by atoms with van der Waals surface area (Å²) in [6, 6.07) is 16.3. The molecule has 1 N–H and O–H groups in total. The average molecular weight is 387 g/mol. The van der Waals surface area contributed by atoms with Gasteiger partial charge in [0.15, 0.2) is 11.4 Å². The monoisotopic (exact) mass is 387 g/mol. The third-order valence-corrected chi connectivity index (χ3v) is 4.63. The molecule has 0 fully saturated rings. The molecule has 0 atom stereocenters. The van der Waals surface area contributed by atoms with Crippen LogP contribution in [0, 0.1) is 0 Å². The van der Waals surface area contributed by atoms with Gasteiger partial charge in [0.1, 0.15) is 0 Å². The summed E-state index contributed by atoms with van der Waals surface area (Å²) in [5.74, 6) is -1.10. The van der Waals surface area contributed by atoms with Gasteiger partial charge in [0.2, 0.25) is 0 Å². The Labute approximate surface area is 165 Å². The summed E-state index contributed by atoms with van der Waals surface area (Å²) in [7, 11) is 1.21. The number of carbonyl (C=O) groups is 1. The maximum Gasteiger partial charge on any atom is 0.360 e. The van der Waals surface area contributed by atoms with Crippen LogP contribution in [0.15, 0.2) is 71.8 Å². The number of rotatable bonds is 4. The quantitative estimate of drug-likeness (QED) is 0.541. The maximum atomic E-state index is 13.3. The number of carbonyl (C=O) groups excluding carboxylic acids is 1. The number of hydrogen-bond donors (Lipinski definition) is 1. The summed E-state index contributed by atoms with van der Waals surface area (Å²) in [6.45, 7) is 0.273. The second-order valence-electron chi connectivity index (χ2n) is 6.40. The molecule has 0 unspecified atom stereocenters. The van der Waals surface area contributed by atoms with Gasteiger partial charge in [-0.15, -0.1) is 0 Å². The van der Waals surface area contributed by atoms with E-state index >= 15 is 0 Å². The highest BCUT2D eigenvalue weighted by atomic mass is 16.5. The van der Waals surface area contributed by atoms with Crippen molar-refractivity contribution in [3.8, 4) is 17.0 Å². The van der Waals surface area contributed by atoms with Crippen LogP contribution in [0.25, 0.3) is 22.2 Å². The molecule has 7 nitrogen and oxygen atoms in total. The van der Waals surface area contributed by atoms with Crippen molar-refractivity contribution < 1.29 is 14.6 Å². The van der Waals surface area contributed by atoms with Crippen molar-refractivity contribution >= 4 is 16.9 Å². The summed E-state index contributed by atoms with van der Waals surface area (Å²) in [6.07, 6.45) is 2.99. The minimum absolute atomic E-state index is 0.211. The van der Waals surface area contributed by atoms with Gasteiger partial charge in [-0.2, -0.15) is 0 Å². The first-order valence-electron chi connectivity index (χ1n) is 8.89. The van der Waals surface area contributed by atoms with E-state index in [0.29, 0.717) is 22.2 Å². The Kier molecular flexibility index (Phi) is 4.78. The SMILES string of the molecule is COC(=O)c1ncc2c(cc(-c3ccccn3)c(=O)n2Cc2ccccc2)c1O. The predicted octanol–water partition coefficient (Wildman–Crippen LogP) is 3.00. The van der Waals surface area contributed by atoms with E-state index in [4.69, 9.17) is 0 Å². The van der Waals surface area contributed by atoms with E-state index < -0.39 is 5.97 Å². The first-order valence-corrected chi connectivity index (χ1v) is 8.89. The van der Waals surface area contributed by atoms with Crippen LogP contribution in [-0.4, -0.2) is 32.7 Å². The molecule has 0 saturated heterocycles. The van der Waals surface area contributed by atoms with Gasteiger partial charge in [-0.05, 0) is 23.8 Å². The number of aromatic hydroxyl groups is 1. The average Bonchev–Trinajstić information content (AvgIpc) is 2.76. The molecule has 0 spiro atoms. The lowest BCUT2D eigenvalue weighted by Crippen LogP contribution is -2.23. The molecule has 0 aliphatic rings. The Bertz CT molecular complexity index is 1250. The first kappa shape index (κ1) is 18.4. The van der Waals surface area contributed by atoms with Gasteiger partial charge in [0, 0.05) is 11.6 Å². The van der Waals surface area contributed by atoms with Gasteiger partial charge in [-0.3, -0.25) is 9.78 Å². The Morgan fingerprint density at radius 3 is 2.55 bits per heavy atom. The van der Waals surface area contributed by atoms with Gasteiger partial charge in [-0.1, -0.05) is 36.4 Å². The van der Waals surface area contributed by atoms with Crippen LogP contribution in [0.5, 0.6) is 5.75 Å². The van der Waals surface area contributed by atoms with E-state index in [2.05, 4.69) is 14.7 Å². The number of nitrogens with zero attached hydrogens (tertiary/aromatic N) is 3. The molecule has 29 heavy (non-hydrogen) atoms. The molecule has 7 heteroatoms. The molecule has 4 aromatic rings. The minimum Gasteiger partial charge on any atom is -0.505 e. The van der Waals surface area contributed by atoms with Crippen molar-refractivity contribution in [3.05, 3.63) is 88.6 Å². The second kappa shape index (κ2) is 7.55. The van der Waals surface area contributed by atoms with E-state index in [1.54, 1.807) is 24.4 Å². The number of ether oxygens (including phenoxy) is 1. The number of methoxy groups -OCH3 is 1. The van der Waals surface area contributed by atoms with Crippen molar-refractivity contribution in [3.63, 3.8) is 0 Å². The standard InChI is InChI=1S/C22H17N3O4/c1-29-22(28)19-20(26)16-11-15(17-9-5-6-10-23-17)21(27)25(18(16)12-24-19)13-14-7-3-2-4-8-14/h2-12,26H,13H2,1H3. The molecule has 0 aliphatic heterocycles. The number of fused-ring (bicyclic) bond motifs is 1. The maximum absolute atomic E-state index is 13.3. The molecule has 0 saturated carbocycles. The van der Waals surface area contributed by atoms with Gasteiger partial charge >= 0.3 is 5.97 Å². The number of hydrogen-bond acceptors (Lipinski definition) is 6. The molecule has 3 heterocycles. The van der Waals surface area contributed by atoms with Crippen LogP contribution < -0.4 is 5.56 Å². The highest BCUT2D eigenvalue weighted by Gasteiger charge is 2.20. The molecule has 0 radical (unpaired) electrons. The van der Waals surface area contributed by atoms with Crippen molar-refractivity contribution in [2.75, 3.05) is 7.11 Å². The van der Waals surface area contributed by atoms with Crippen LogP contribution >= 0.6 is 0 Å². The fourth-order valence-corrected chi connectivity index (χ4v) is 3.20. The number of aromatic nitrogens is 3. The lowest BCUT2D eigenvalue weighted by molar-refractivity contribution is 0.0591. The van der Waals surface area contributed by atoms with Crippen LogP contribution in [0.1, 0.15) is 16.1 Å². The topological polar surface area (TPSA) is 94.3 Å². The molecular weight excluding hydrogens is 370 g/mol. The molecule has 4 rings (SSSR count). The summed E-state index contributed by atoms with van der Waals surface area (Å²) in [5, 5.41) is 11.0. The van der Waals surface area contributed by atoms with Crippen molar-refractivity contribution in [2.24, 2.45) is 0 Å². The second-order valence-corrected chi connectivity index (χ2v) is 6.40. The van der Waals surface area contributed by atoms with Crippen molar-refractivity contribution in [1.29, 1.82) is 0 Å². The zero-order chi connectivity index (χ0) is 20.4. The molecule has 3 aromatic heterocycles. The van der Waals surface area contributed by atoms with E-state index in [-0.39, 0.29) is 23.5 Å². The van der Waals surface area contributed by atoms with Crippen LogP contribution in [0.2, 0.25) is 0 Å². The summed E-state index contributed by atoms with van der Waals surface area (Å²) in [5.41, 5.74) is 1.61. The van der Waals surface area contributed by atoms with Crippen LogP contribution in [-0.2, 0) is 11.3 Å². The lowest BCUT2D eigenvalue weighted by Gasteiger charge is -2.14. The van der Waals surface area contributed by atoms with Crippen molar-refractivity contribution in [1.82, 2.24) is 14.5 Å². The van der Waals surface area contributed by atoms with E-state index in [0.717, 1.165) is 5.56 Å². The smallest absolute Gasteiger partial charge is 0.360 e. The molecular formula is C22H17N3O4. The Morgan fingerprint density at radius 2 is 1.86 bits per heavy atom.